The zero-order valence-corrected chi connectivity index (χ0v) is 20.1. The minimum atomic E-state index is -4.44. The van der Waals surface area contributed by atoms with E-state index in [1.54, 1.807) is 31.2 Å². The fraction of sp³-hybridized carbons (Fsp3) is 0.333. The molecular weight excluding hydrogens is 485 g/mol. The van der Waals surface area contributed by atoms with Crippen molar-refractivity contribution in [3.63, 3.8) is 0 Å². The van der Waals surface area contributed by atoms with E-state index in [0.29, 0.717) is 39.0 Å². The van der Waals surface area contributed by atoms with Crippen molar-refractivity contribution in [2.45, 2.75) is 25.7 Å². The third-order valence-corrected chi connectivity index (χ3v) is 5.40. The van der Waals surface area contributed by atoms with E-state index in [-0.39, 0.29) is 19.8 Å². The molecule has 2 aromatic rings. The van der Waals surface area contributed by atoms with Crippen LogP contribution >= 0.6 is 12.2 Å². The smallest absolute Gasteiger partial charge is 0.416 e. The molecule has 3 rings (SSSR count). The molecule has 0 radical (unpaired) electrons. The Balaban J connectivity index is 1.83. The van der Waals surface area contributed by atoms with Gasteiger partial charge in [0.25, 0.3) is 0 Å². The van der Waals surface area contributed by atoms with E-state index in [4.69, 9.17) is 31.2 Å². The molecule has 0 saturated heterocycles. The van der Waals surface area contributed by atoms with Gasteiger partial charge >= 0.3 is 12.1 Å². The standard InChI is InChI=1S/C24H25F3N2O5S/c1-14-20(22(30)33-10-9-31-2)21(29-23(35)28-14)16-7-8-18(19(12-16)32-3)34-13-15-5-4-6-17(11-15)24(25,26)27/h4-8,11-12,21H,9-10,13H2,1-3H3,(H2,28,29,35)/t21-/m0/s1. The maximum atomic E-state index is 13.0. The first-order valence-electron chi connectivity index (χ1n) is 10.5. The van der Waals surface area contributed by atoms with Gasteiger partial charge in [-0.2, -0.15) is 13.2 Å². The highest BCUT2D eigenvalue weighted by atomic mass is 32.1. The van der Waals surface area contributed by atoms with Crippen LogP contribution in [0.4, 0.5) is 13.2 Å². The highest BCUT2D eigenvalue weighted by Gasteiger charge is 2.32. The van der Waals surface area contributed by atoms with Gasteiger partial charge in [-0.15, -0.1) is 0 Å². The largest absolute Gasteiger partial charge is 0.493 e. The van der Waals surface area contributed by atoms with Crippen molar-refractivity contribution in [1.82, 2.24) is 10.6 Å². The molecule has 1 aliphatic rings. The summed E-state index contributed by atoms with van der Waals surface area (Å²) >= 11 is 5.26. The summed E-state index contributed by atoms with van der Waals surface area (Å²) in [5, 5.41) is 6.32. The van der Waals surface area contributed by atoms with Crippen LogP contribution in [0.1, 0.15) is 29.7 Å². The maximum absolute atomic E-state index is 13.0. The molecule has 0 spiro atoms. The first-order valence-corrected chi connectivity index (χ1v) is 11.0. The van der Waals surface area contributed by atoms with E-state index in [1.807, 2.05) is 0 Å². The molecule has 0 unspecified atom stereocenters. The predicted octanol–water partition coefficient (Wildman–Crippen LogP) is 4.28. The number of esters is 1. The van der Waals surface area contributed by atoms with E-state index in [1.165, 1.54) is 20.3 Å². The third kappa shape index (κ3) is 6.64. The molecule has 0 aliphatic carbocycles. The van der Waals surface area contributed by atoms with E-state index >= 15 is 0 Å². The summed E-state index contributed by atoms with van der Waals surface area (Å²) in [6, 6.07) is 9.30. The number of thiocarbonyl (C=S) groups is 1. The molecule has 0 bridgehead atoms. The molecule has 35 heavy (non-hydrogen) atoms. The molecule has 2 aromatic carbocycles. The van der Waals surface area contributed by atoms with E-state index in [2.05, 4.69) is 10.6 Å². The lowest BCUT2D eigenvalue weighted by molar-refractivity contribution is -0.141. The van der Waals surface area contributed by atoms with Gasteiger partial charge in [-0.3, -0.25) is 0 Å². The van der Waals surface area contributed by atoms with Crippen molar-refractivity contribution >= 4 is 23.3 Å². The van der Waals surface area contributed by atoms with Crippen LogP contribution in [0.3, 0.4) is 0 Å². The van der Waals surface area contributed by atoms with Crippen molar-refractivity contribution in [2.75, 3.05) is 27.4 Å². The second-order valence-corrected chi connectivity index (χ2v) is 8.00. The number of benzene rings is 2. The fourth-order valence-corrected chi connectivity index (χ4v) is 3.76. The average molecular weight is 511 g/mol. The van der Waals surface area contributed by atoms with Gasteiger partial charge in [0, 0.05) is 12.8 Å². The number of halogens is 3. The summed E-state index contributed by atoms with van der Waals surface area (Å²) in [4.78, 5) is 12.8. The van der Waals surface area contributed by atoms with Crippen LogP contribution in [0, 0.1) is 0 Å². The topological polar surface area (TPSA) is 78.1 Å². The highest BCUT2D eigenvalue weighted by Crippen LogP contribution is 2.35. The second-order valence-electron chi connectivity index (χ2n) is 7.60. The molecule has 2 N–H and O–H groups in total. The lowest BCUT2D eigenvalue weighted by Gasteiger charge is -2.30. The number of rotatable bonds is 9. The summed E-state index contributed by atoms with van der Waals surface area (Å²) in [6.45, 7) is 1.98. The molecule has 7 nitrogen and oxygen atoms in total. The molecule has 0 fully saturated rings. The number of carbonyl (C=O) groups is 1. The summed E-state index contributed by atoms with van der Waals surface area (Å²) < 4.78 is 60.3. The molecule has 1 heterocycles. The van der Waals surface area contributed by atoms with Crippen molar-refractivity contribution in [3.8, 4) is 11.5 Å². The van der Waals surface area contributed by atoms with Gasteiger partial charge in [-0.25, -0.2) is 4.79 Å². The number of allylic oxidation sites excluding steroid dienone is 1. The molecule has 1 aliphatic heterocycles. The van der Waals surface area contributed by atoms with Gasteiger partial charge in [0.1, 0.15) is 13.2 Å². The van der Waals surface area contributed by atoms with Gasteiger partial charge in [0.05, 0.1) is 30.9 Å². The Morgan fingerprint density at radius 1 is 1.09 bits per heavy atom. The van der Waals surface area contributed by atoms with Crippen molar-refractivity contribution in [3.05, 3.63) is 70.4 Å². The van der Waals surface area contributed by atoms with Crippen molar-refractivity contribution in [1.29, 1.82) is 0 Å². The SMILES string of the molecule is COCCOC(=O)C1=C(C)NC(=S)N[C@H]1c1ccc(OCc2cccc(C(F)(F)F)c2)c(OC)c1. The van der Waals surface area contributed by atoms with E-state index in [9.17, 15) is 18.0 Å². The Bertz CT molecular complexity index is 1120. The van der Waals surface area contributed by atoms with Crippen LogP contribution in [-0.4, -0.2) is 38.5 Å². The Labute approximate surface area is 206 Å². The predicted molar refractivity (Wildman–Crippen MR) is 126 cm³/mol. The van der Waals surface area contributed by atoms with Gasteiger partial charge in [0.15, 0.2) is 16.6 Å². The number of nitrogens with one attached hydrogen (secondary N) is 2. The van der Waals surface area contributed by atoms with Crippen LogP contribution < -0.4 is 20.1 Å². The highest BCUT2D eigenvalue weighted by molar-refractivity contribution is 7.80. The fourth-order valence-electron chi connectivity index (χ4n) is 3.49. The molecular formula is C24H25F3N2O5S. The molecule has 0 aromatic heterocycles. The van der Waals surface area contributed by atoms with E-state index < -0.39 is 23.8 Å². The lowest BCUT2D eigenvalue weighted by Crippen LogP contribution is -2.45. The second kappa shape index (κ2) is 11.4. The minimum absolute atomic E-state index is 0.0919. The molecule has 0 amide bonds. The first kappa shape index (κ1) is 26.3. The zero-order chi connectivity index (χ0) is 25.6. The molecule has 11 heteroatoms. The zero-order valence-electron chi connectivity index (χ0n) is 19.3. The van der Waals surface area contributed by atoms with Crippen LogP contribution in [-0.2, 0) is 27.1 Å². The third-order valence-electron chi connectivity index (χ3n) is 5.18. The number of ether oxygens (including phenoxy) is 4. The summed E-state index contributed by atoms with van der Waals surface area (Å²) in [7, 11) is 2.95. The number of carbonyl (C=O) groups excluding carboxylic acids is 1. The van der Waals surface area contributed by atoms with E-state index in [0.717, 1.165) is 12.1 Å². The summed E-state index contributed by atoms with van der Waals surface area (Å²) in [5.74, 6) is 0.136. The van der Waals surface area contributed by atoms with Gasteiger partial charge in [-0.05, 0) is 54.5 Å². The minimum Gasteiger partial charge on any atom is -0.493 e. The quantitative estimate of drug-likeness (QED) is 0.294. The van der Waals surface area contributed by atoms with Crippen molar-refractivity contribution < 1.29 is 36.9 Å². The van der Waals surface area contributed by atoms with Crippen LogP contribution in [0.25, 0.3) is 0 Å². The summed E-state index contributed by atoms with van der Waals surface area (Å²) in [6.07, 6.45) is -4.44. The van der Waals surface area contributed by atoms with Crippen LogP contribution in [0.15, 0.2) is 53.7 Å². The Hall–Kier alpha value is -3.31. The molecule has 0 saturated carbocycles. The van der Waals surface area contributed by atoms with Crippen LogP contribution in [0.5, 0.6) is 11.5 Å². The van der Waals surface area contributed by atoms with Crippen LogP contribution in [0.2, 0.25) is 0 Å². The maximum Gasteiger partial charge on any atom is 0.416 e. The van der Waals surface area contributed by atoms with Gasteiger partial charge in [0.2, 0.25) is 0 Å². The van der Waals surface area contributed by atoms with Crippen molar-refractivity contribution in [2.24, 2.45) is 0 Å². The molecule has 1 atom stereocenters. The number of alkyl halides is 3. The lowest BCUT2D eigenvalue weighted by atomic mass is 9.95. The summed E-state index contributed by atoms with van der Waals surface area (Å²) in [5.41, 5.74) is 1.14. The Morgan fingerprint density at radius 3 is 2.54 bits per heavy atom. The van der Waals surface area contributed by atoms with Gasteiger partial charge in [-0.1, -0.05) is 18.2 Å². The number of hydrogen-bond acceptors (Lipinski definition) is 6. The first-order chi connectivity index (χ1) is 16.6. The molecule has 188 valence electrons. The Kier molecular flexibility index (Phi) is 8.57. The number of hydrogen-bond donors (Lipinski definition) is 2. The van der Waals surface area contributed by atoms with Gasteiger partial charge < -0.3 is 29.6 Å². The number of methoxy groups -OCH3 is 2. The monoisotopic (exact) mass is 510 g/mol. The average Bonchev–Trinajstić information content (AvgIpc) is 2.81. The Morgan fingerprint density at radius 2 is 1.86 bits per heavy atom. The normalized spacial score (nSPS) is 15.8.